The van der Waals surface area contributed by atoms with Gasteiger partial charge in [-0.25, -0.2) is 0 Å². The average molecular weight is 389 g/mol. The Bertz CT molecular complexity index is 770. The van der Waals surface area contributed by atoms with Crippen LogP contribution in [0.5, 0.6) is 5.75 Å². The molecular weight excluding hydrogens is 374 g/mol. The number of aryl methyl sites for hydroxylation is 1. The SMILES string of the molecule is C=CCn1c(C)nnc1SCC(=O)Nc1ccc(OC(F)F)c(Cl)c1. The number of thioether (sulfide) groups is 1. The van der Waals surface area contributed by atoms with Crippen LogP contribution in [0.4, 0.5) is 14.5 Å². The quantitative estimate of drug-likeness (QED) is 0.551. The number of halogens is 3. The summed E-state index contributed by atoms with van der Waals surface area (Å²) in [5.74, 6) is 0.373. The van der Waals surface area contributed by atoms with E-state index < -0.39 is 6.61 Å². The Morgan fingerprint density at radius 3 is 2.92 bits per heavy atom. The lowest BCUT2D eigenvalue weighted by Crippen LogP contribution is -2.15. The Kier molecular flexibility index (Phi) is 6.77. The van der Waals surface area contributed by atoms with Crippen molar-refractivity contribution >= 4 is 35.0 Å². The molecule has 0 spiro atoms. The standard InChI is InChI=1S/C15H15ClF2N4O2S/c1-3-6-22-9(2)20-21-15(22)25-8-13(23)19-10-4-5-12(11(16)7-10)24-14(17)18/h3-5,7,14H,1,6,8H2,2H3,(H,19,23). The second-order valence-corrected chi connectivity index (χ2v) is 6.14. The summed E-state index contributed by atoms with van der Waals surface area (Å²) in [4.78, 5) is 12.0. The Labute approximate surface area is 152 Å². The number of allylic oxidation sites excluding steroid dienone is 1. The number of rotatable bonds is 8. The molecule has 134 valence electrons. The largest absolute Gasteiger partial charge is 0.433 e. The summed E-state index contributed by atoms with van der Waals surface area (Å²) < 4.78 is 30.5. The van der Waals surface area contributed by atoms with Gasteiger partial charge in [-0.15, -0.1) is 16.8 Å². The van der Waals surface area contributed by atoms with E-state index in [1.807, 2.05) is 11.5 Å². The lowest BCUT2D eigenvalue weighted by Gasteiger charge is -2.09. The maximum absolute atomic E-state index is 12.2. The van der Waals surface area contributed by atoms with E-state index in [2.05, 4.69) is 26.8 Å². The summed E-state index contributed by atoms with van der Waals surface area (Å²) in [6.07, 6.45) is 1.71. The predicted molar refractivity (Wildman–Crippen MR) is 92.4 cm³/mol. The van der Waals surface area contributed by atoms with Gasteiger partial charge in [-0.3, -0.25) is 4.79 Å². The third kappa shape index (κ3) is 5.43. The van der Waals surface area contributed by atoms with Crippen molar-refractivity contribution in [3.8, 4) is 5.75 Å². The highest BCUT2D eigenvalue weighted by Gasteiger charge is 2.13. The van der Waals surface area contributed by atoms with E-state index >= 15 is 0 Å². The van der Waals surface area contributed by atoms with Gasteiger partial charge >= 0.3 is 6.61 Å². The molecule has 0 atom stereocenters. The van der Waals surface area contributed by atoms with Gasteiger partial charge in [0.15, 0.2) is 5.16 Å². The van der Waals surface area contributed by atoms with Crippen LogP contribution in [0.15, 0.2) is 36.0 Å². The van der Waals surface area contributed by atoms with Crippen LogP contribution in [0.25, 0.3) is 0 Å². The lowest BCUT2D eigenvalue weighted by molar-refractivity contribution is -0.113. The highest BCUT2D eigenvalue weighted by Crippen LogP contribution is 2.29. The van der Waals surface area contributed by atoms with Gasteiger partial charge in [0.05, 0.1) is 10.8 Å². The number of hydrogen-bond donors (Lipinski definition) is 1. The van der Waals surface area contributed by atoms with E-state index in [1.54, 1.807) is 6.08 Å². The number of carbonyl (C=O) groups excluding carboxylic acids is 1. The minimum atomic E-state index is -2.97. The van der Waals surface area contributed by atoms with Gasteiger partial charge in [0.1, 0.15) is 11.6 Å². The molecule has 1 heterocycles. The van der Waals surface area contributed by atoms with Crippen molar-refractivity contribution in [3.05, 3.63) is 41.7 Å². The van der Waals surface area contributed by atoms with E-state index in [0.29, 0.717) is 17.4 Å². The number of alkyl halides is 2. The summed E-state index contributed by atoms with van der Waals surface area (Å²) >= 11 is 7.07. The monoisotopic (exact) mass is 388 g/mol. The van der Waals surface area contributed by atoms with Crippen LogP contribution >= 0.6 is 23.4 Å². The van der Waals surface area contributed by atoms with E-state index in [-0.39, 0.29) is 22.4 Å². The number of hydrogen-bond acceptors (Lipinski definition) is 5. The molecule has 0 bridgehead atoms. The molecule has 1 amide bonds. The van der Waals surface area contributed by atoms with E-state index in [4.69, 9.17) is 11.6 Å². The molecule has 0 aliphatic heterocycles. The number of aromatic nitrogens is 3. The maximum Gasteiger partial charge on any atom is 0.387 e. The first-order chi connectivity index (χ1) is 11.9. The molecule has 2 rings (SSSR count). The Balaban J connectivity index is 1.94. The van der Waals surface area contributed by atoms with Gasteiger partial charge < -0.3 is 14.6 Å². The topological polar surface area (TPSA) is 69.0 Å². The molecule has 2 aromatic rings. The first kappa shape index (κ1) is 19.2. The third-order valence-corrected chi connectivity index (χ3v) is 4.24. The van der Waals surface area contributed by atoms with Crippen molar-refractivity contribution in [2.75, 3.05) is 11.1 Å². The molecule has 10 heteroatoms. The minimum Gasteiger partial charge on any atom is -0.433 e. The number of amides is 1. The fraction of sp³-hybridized carbons (Fsp3) is 0.267. The average Bonchev–Trinajstić information content (AvgIpc) is 2.89. The molecule has 0 saturated heterocycles. The van der Waals surface area contributed by atoms with Crippen molar-refractivity contribution < 1.29 is 18.3 Å². The molecule has 0 unspecified atom stereocenters. The molecule has 0 fully saturated rings. The predicted octanol–water partition coefficient (Wildman–Crippen LogP) is 3.76. The zero-order valence-electron chi connectivity index (χ0n) is 13.2. The van der Waals surface area contributed by atoms with Gasteiger partial charge in [-0.1, -0.05) is 29.4 Å². The Hall–Kier alpha value is -2.13. The van der Waals surface area contributed by atoms with Crippen LogP contribution in [0.3, 0.4) is 0 Å². The van der Waals surface area contributed by atoms with Crippen LogP contribution in [-0.4, -0.2) is 33.0 Å². The fourth-order valence-electron chi connectivity index (χ4n) is 1.90. The molecule has 6 nitrogen and oxygen atoms in total. The second kappa shape index (κ2) is 8.82. The van der Waals surface area contributed by atoms with Crippen LogP contribution in [-0.2, 0) is 11.3 Å². The molecule has 0 aliphatic carbocycles. The molecular formula is C15H15ClF2N4O2S. The van der Waals surface area contributed by atoms with Crippen LogP contribution in [0, 0.1) is 6.92 Å². The first-order valence-electron chi connectivity index (χ1n) is 7.08. The highest BCUT2D eigenvalue weighted by atomic mass is 35.5. The molecule has 25 heavy (non-hydrogen) atoms. The molecule has 1 N–H and O–H groups in total. The number of nitrogens with zero attached hydrogens (tertiary/aromatic N) is 3. The van der Waals surface area contributed by atoms with Crippen LogP contribution in [0.2, 0.25) is 5.02 Å². The summed E-state index contributed by atoms with van der Waals surface area (Å²) in [5.41, 5.74) is 0.376. The zero-order valence-corrected chi connectivity index (χ0v) is 14.8. The van der Waals surface area contributed by atoms with Crippen molar-refractivity contribution in [2.45, 2.75) is 25.2 Å². The normalized spacial score (nSPS) is 10.8. The molecule has 0 saturated carbocycles. The Morgan fingerprint density at radius 2 is 2.28 bits per heavy atom. The third-order valence-electron chi connectivity index (χ3n) is 2.98. The van der Waals surface area contributed by atoms with Gasteiger partial charge in [0.2, 0.25) is 5.91 Å². The smallest absolute Gasteiger partial charge is 0.387 e. The number of ether oxygens (including phenoxy) is 1. The van der Waals surface area contributed by atoms with E-state index in [0.717, 1.165) is 5.82 Å². The van der Waals surface area contributed by atoms with Crippen LogP contribution in [0.1, 0.15) is 5.82 Å². The summed E-state index contributed by atoms with van der Waals surface area (Å²) in [7, 11) is 0. The molecule has 0 aliphatic rings. The molecule has 1 aromatic carbocycles. The van der Waals surface area contributed by atoms with Gasteiger partial charge in [0.25, 0.3) is 0 Å². The zero-order chi connectivity index (χ0) is 18.4. The summed E-state index contributed by atoms with van der Waals surface area (Å²) in [6.45, 7) is 3.06. The van der Waals surface area contributed by atoms with Gasteiger partial charge in [-0.05, 0) is 25.1 Å². The van der Waals surface area contributed by atoms with Gasteiger partial charge in [0, 0.05) is 12.2 Å². The fourth-order valence-corrected chi connectivity index (χ4v) is 2.92. The number of benzene rings is 1. The highest BCUT2D eigenvalue weighted by molar-refractivity contribution is 7.99. The lowest BCUT2D eigenvalue weighted by atomic mass is 10.3. The maximum atomic E-state index is 12.2. The van der Waals surface area contributed by atoms with Crippen molar-refractivity contribution in [3.63, 3.8) is 0 Å². The van der Waals surface area contributed by atoms with Crippen molar-refractivity contribution in [2.24, 2.45) is 0 Å². The number of carbonyl (C=O) groups is 1. The summed E-state index contributed by atoms with van der Waals surface area (Å²) in [5, 5.41) is 11.2. The summed E-state index contributed by atoms with van der Waals surface area (Å²) in [6, 6.07) is 4.03. The Morgan fingerprint density at radius 1 is 1.52 bits per heavy atom. The first-order valence-corrected chi connectivity index (χ1v) is 8.44. The van der Waals surface area contributed by atoms with Gasteiger partial charge in [-0.2, -0.15) is 8.78 Å². The van der Waals surface area contributed by atoms with Crippen LogP contribution < -0.4 is 10.1 Å². The number of anilines is 1. The molecule has 0 radical (unpaired) electrons. The van der Waals surface area contributed by atoms with Crippen molar-refractivity contribution in [1.29, 1.82) is 0 Å². The molecule has 1 aromatic heterocycles. The van der Waals surface area contributed by atoms with Crippen molar-refractivity contribution in [1.82, 2.24) is 14.8 Å². The number of nitrogens with one attached hydrogen (secondary N) is 1. The second-order valence-electron chi connectivity index (χ2n) is 4.79. The minimum absolute atomic E-state index is 0.0212. The van der Waals surface area contributed by atoms with E-state index in [9.17, 15) is 13.6 Å². The van der Waals surface area contributed by atoms with E-state index in [1.165, 1.54) is 30.0 Å².